The highest BCUT2D eigenvalue weighted by Gasteiger charge is 2.30. The molecule has 1 saturated carbocycles. The van der Waals surface area contributed by atoms with Crippen LogP contribution in [0.15, 0.2) is 6.20 Å². The van der Waals surface area contributed by atoms with Crippen molar-refractivity contribution in [1.82, 2.24) is 14.7 Å². The van der Waals surface area contributed by atoms with E-state index in [1.54, 1.807) is 4.90 Å². The molecule has 5 heteroatoms. The van der Waals surface area contributed by atoms with E-state index >= 15 is 0 Å². The summed E-state index contributed by atoms with van der Waals surface area (Å²) in [5.74, 6) is 0.632. The van der Waals surface area contributed by atoms with Crippen molar-refractivity contribution in [3.05, 3.63) is 17.5 Å². The molecular weight excluding hydrogens is 302 g/mol. The zero-order valence-corrected chi connectivity index (χ0v) is 16.0. The highest BCUT2D eigenvalue weighted by Crippen LogP contribution is 2.36. The van der Waals surface area contributed by atoms with E-state index in [9.17, 15) is 4.79 Å². The number of rotatable bonds is 1. The van der Waals surface area contributed by atoms with Crippen LogP contribution in [-0.2, 0) is 17.8 Å². The average Bonchev–Trinajstić information content (AvgIpc) is 3.14. The maximum Gasteiger partial charge on any atom is 0.410 e. The molecule has 0 unspecified atom stereocenters. The summed E-state index contributed by atoms with van der Waals surface area (Å²) in [6.45, 7) is 12.0. The molecule has 1 aromatic rings. The Morgan fingerprint density at radius 2 is 1.88 bits per heavy atom. The second-order valence-electron chi connectivity index (χ2n) is 7.86. The van der Waals surface area contributed by atoms with Crippen LogP contribution in [0.3, 0.4) is 0 Å². The molecule has 0 spiro atoms. The van der Waals surface area contributed by atoms with Gasteiger partial charge in [0.05, 0.1) is 25.0 Å². The van der Waals surface area contributed by atoms with Crippen molar-refractivity contribution in [2.24, 2.45) is 0 Å². The highest BCUT2D eigenvalue weighted by atomic mass is 16.6. The minimum atomic E-state index is -0.441. The van der Waals surface area contributed by atoms with Crippen molar-refractivity contribution in [1.29, 1.82) is 0 Å². The maximum absolute atomic E-state index is 12.3. The first-order valence-electron chi connectivity index (χ1n) is 9.38. The molecular formula is C19H33N3O2. The van der Waals surface area contributed by atoms with Crippen molar-refractivity contribution in [3.8, 4) is 0 Å². The predicted molar refractivity (Wildman–Crippen MR) is 96.0 cm³/mol. The molecule has 1 aliphatic heterocycles. The first-order valence-corrected chi connectivity index (χ1v) is 9.38. The number of carbonyl (C=O) groups excluding carboxylic acids is 1. The molecule has 1 aliphatic carbocycles. The highest BCUT2D eigenvalue weighted by molar-refractivity contribution is 5.68. The van der Waals surface area contributed by atoms with Crippen molar-refractivity contribution < 1.29 is 9.53 Å². The second-order valence-corrected chi connectivity index (χ2v) is 7.86. The Bertz CT molecular complexity index is 539. The summed E-state index contributed by atoms with van der Waals surface area (Å²) in [6.07, 6.45) is 8.18. The zero-order chi connectivity index (χ0) is 17.7. The van der Waals surface area contributed by atoms with Crippen molar-refractivity contribution in [3.63, 3.8) is 0 Å². The number of nitrogens with zero attached hydrogens (tertiary/aromatic N) is 3. The molecule has 2 heterocycles. The summed E-state index contributed by atoms with van der Waals surface area (Å²) >= 11 is 0. The van der Waals surface area contributed by atoms with Gasteiger partial charge in [0.2, 0.25) is 0 Å². The molecule has 1 fully saturated rings. The van der Waals surface area contributed by atoms with Crippen LogP contribution >= 0.6 is 0 Å². The third kappa shape index (κ3) is 4.74. The maximum atomic E-state index is 12.3. The molecule has 3 rings (SSSR count). The Morgan fingerprint density at radius 3 is 2.46 bits per heavy atom. The van der Waals surface area contributed by atoms with Gasteiger partial charge in [-0.15, -0.1) is 0 Å². The van der Waals surface area contributed by atoms with E-state index in [0.717, 1.165) is 6.54 Å². The van der Waals surface area contributed by atoms with E-state index in [-0.39, 0.29) is 6.09 Å². The third-order valence-electron chi connectivity index (χ3n) is 4.35. The topological polar surface area (TPSA) is 47.4 Å². The van der Waals surface area contributed by atoms with Gasteiger partial charge in [0.15, 0.2) is 0 Å². The molecule has 24 heavy (non-hydrogen) atoms. The molecule has 2 aliphatic rings. The smallest absolute Gasteiger partial charge is 0.410 e. The normalized spacial score (nSPS) is 18.0. The monoisotopic (exact) mass is 335 g/mol. The summed E-state index contributed by atoms with van der Waals surface area (Å²) < 4.78 is 7.56. The number of ether oxygens (including phenoxy) is 1. The van der Waals surface area contributed by atoms with E-state index < -0.39 is 5.60 Å². The van der Waals surface area contributed by atoms with Gasteiger partial charge < -0.3 is 9.64 Å². The lowest BCUT2D eigenvalue weighted by molar-refractivity contribution is 0.0193. The van der Waals surface area contributed by atoms with Crippen LogP contribution in [0, 0.1) is 0 Å². The van der Waals surface area contributed by atoms with Gasteiger partial charge in [0.25, 0.3) is 0 Å². The van der Waals surface area contributed by atoms with Crippen LogP contribution in [-0.4, -0.2) is 32.9 Å². The minimum Gasteiger partial charge on any atom is -0.444 e. The van der Waals surface area contributed by atoms with Crippen molar-refractivity contribution in [2.45, 2.75) is 91.3 Å². The van der Waals surface area contributed by atoms with E-state index in [1.165, 1.54) is 43.4 Å². The fraction of sp³-hybridized carbons (Fsp3) is 0.789. The standard InChI is InChI=1S/C16H25N3O2.C3H8/c1-16(2,3)21-15(20)18-8-9-19-14(11-18)13(10-17-19)12-6-4-5-7-12;1-3-2/h10,12H,4-9,11H2,1-3H3;3H2,1-2H3. The Balaban J connectivity index is 0.000000647. The lowest BCUT2D eigenvalue weighted by Crippen LogP contribution is -2.41. The fourth-order valence-corrected chi connectivity index (χ4v) is 3.33. The van der Waals surface area contributed by atoms with Crippen LogP contribution in [0.25, 0.3) is 0 Å². The van der Waals surface area contributed by atoms with E-state index in [1.807, 2.05) is 27.0 Å². The Morgan fingerprint density at radius 1 is 1.25 bits per heavy atom. The third-order valence-corrected chi connectivity index (χ3v) is 4.35. The molecule has 0 atom stereocenters. The Kier molecular flexibility index (Phi) is 6.30. The van der Waals surface area contributed by atoms with Crippen LogP contribution in [0.1, 0.15) is 83.9 Å². The summed E-state index contributed by atoms with van der Waals surface area (Å²) in [5.41, 5.74) is 2.11. The molecule has 5 nitrogen and oxygen atoms in total. The summed E-state index contributed by atoms with van der Waals surface area (Å²) in [7, 11) is 0. The predicted octanol–water partition coefficient (Wildman–Crippen LogP) is 4.71. The molecule has 1 amide bonds. The zero-order valence-electron chi connectivity index (χ0n) is 16.0. The number of amides is 1. The number of fused-ring (bicyclic) bond motifs is 1. The minimum absolute atomic E-state index is 0.215. The van der Waals surface area contributed by atoms with Crippen molar-refractivity contribution in [2.75, 3.05) is 6.54 Å². The lowest BCUT2D eigenvalue weighted by atomic mass is 9.97. The largest absolute Gasteiger partial charge is 0.444 e. The number of carbonyl (C=O) groups is 1. The molecule has 136 valence electrons. The Hall–Kier alpha value is -1.52. The van der Waals surface area contributed by atoms with Gasteiger partial charge in [-0.3, -0.25) is 4.68 Å². The average molecular weight is 335 g/mol. The van der Waals surface area contributed by atoms with Crippen LogP contribution in [0.2, 0.25) is 0 Å². The molecule has 0 aromatic carbocycles. The van der Waals surface area contributed by atoms with Crippen LogP contribution in [0.4, 0.5) is 4.79 Å². The molecule has 0 bridgehead atoms. The number of hydrogen-bond acceptors (Lipinski definition) is 3. The van der Waals surface area contributed by atoms with E-state index in [0.29, 0.717) is 19.0 Å². The molecule has 0 radical (unpaired) electrons. The van der Waals surface area contributed by atoms with Crippen LogP contribution in [0.5, 0.6) is 0 Å². The molecule has 0 saturated heterocycles. The SMILES string of the molecule is CC(C)(C)OC(=O)N1CCn2ncc(C3CCCC3)c2C1.CCC. The van der Waals surface area contributed by atoms with Gasteiger partial charge in [-0.25, -0.2) is 4.79 Å². The summed E-state index contributed by atoms with van der Waals surface area (Å²) in [6, 6.07) is 0. The van der Waals surface area contributed by atoms with Gasteiger partial charge in [-0.1, -0.05) is 33.1 Å². The van der Waals surface area contributed by atoms with Gasteiger partial charge >= 0.3 is 6.09 Å². The first-order chi connectivity index (χ1) is 11.4. The van der Waals surface area contributed by atoms with Crippen molar-refractivity contribution >= 4 is 6.09 Å². The number of hydrogen-bond donors (Lipinski definition) is 0. The van der Waals surface area contributed by atoms with E-state index in [4.69, 9.17) is 4.74 Å². The number of aromatic nitrogens is 2. The van der Waals surface area contributed by atoms with Gasteiger partial charge in [0.1, 0.15) is 5.60 Å². The van der Waals surface area contributed by atoms with Crippen LogP contribution < -0.4 is 0 Å². The molecule has 0 N–H and O–H groups in total. The quantitative estimate of drug-likeness (QED) is 0.747. The van der Waals surface area contributed by atoms with Gasteiger partial charge in [-0.05, 0) is 45.1 Å². The van der Waals surface area contributed by atoms with Gasteiger partial charge in [0, 0.05) is 6.54 Å². The Labute approximate surface area is 146 Å². The first kappa shape index (κ1) is 18.8. The summed E-state index contributed by atoms with van der Waals surface area (Å²) in [4.78, 5) is 14.1. The molecule has 1 aromatic heterocycles. The second kappa shape index (κ2) is 8.04. The fourth-order valence-electron chi connectivity index (χ4n) is 3.33. The lowest BCUT2D eigenvalue weighted by Gasteiger charge is -2.31. The summed E-state index contributed by atoms with van der Waals surface area (Å²) in [5, 5.41) is 4.51. The van der Waals surface area contributed by atoms with Gasteiger partial charge in [-0.2, -0.15) is 5.10 Å². The van der Waals surface area contributed by atoms with E-state index in [2.05, 4.69) is 23.6 Å².